The van der Waals surface area contributed by atoms with Gasteiger partial charge in [-0.05, 0) is 24.1 Å². The van der Waals surface area contributed by atoms with Crippen LogP contribution in [0.25, 0.3) is 0 Å². The Labute approximate surface area is 154 Å². The van der Waals surface area contributed by atoms with Crippen molar-refractivity contribution >= 4 is 27.5 Å². The summed E-state index contributed by atoms with van der Waals surface area (Å²) >= 11 is 0. The molecular formula is C18H25N3O4S. The third-order valence-electron chi connectivity index (χ3n) is 4.39. The molecule has 0 radical (unpaired) electrons. The molecule has 1 fully saturated rings. The second-order valence-electron chi connectivity index (χ2n) is 6.72. The molecule has 0 unspecified atom stereocenters. The monoisotopic (exact) mass is 379 g/mol. The van der Waals surface area contributed by atoms with Gasteiger partial charge in [0, 0.05) is 19.6 Å². The van der Waals surface area contributed by atoms with Gasteiger partial charge in [0.15, 0.2) is 0 Å². The molecule has 1 aliphatic heterocycles. The minimum absolute atomic E-state index is 0.117. The molecule has 26 heavy (non-hydrogen) atoms. The molecule has 1 atom stereocenters. The Morgan fingerprint density at radius 1 is 1.27 bits per heavy atom. The van der Waals surface area contributed by atoms with Crippen LogP contribution < -0.4 is 4.72 Å². The van der Waals surface area contributed by atoms with Crippen LogP contribution in [-0.4, -0.2) is 62.0 Å². The number of nitrogens with zero attached hydrogens (tertiary/aromatic N) is 2. The summed E-state index contributed by atoms with van der Waals surface area (Å²) in [6, 6.07) is 6.40. The van der Waals surface area contributed by atoms with E-state index in [9.17, 15) is 18.0 Å². The summed E-state index contributed by atoms with van der Waals surface area (Å²) in [6.45, 7) is 8.74. The maximum atomic E-state index is 13.0. The van der Waals surface area contributed by atoms with E-state index in [0.29, 0.717) is 25.2 Å². The van der Waals surface area contributed by atoms with Gasteiger partial charge in [-0.15, -0.1) is 0 Å². The highest BCUT2D eigenvalue weighted by Crippen LogP contribution is 2.23. The normalized spacial score (nSPS) is 17.9. The minimum Gasteiger partial charge on any atom is -0.335 e. The Morgan fingerprint density at radius 3 is 2.50 bits per heavy atom. The van der Waals surface area contributed by atoms with E-state index in [2.05, 4.69) is 11.3 Å². The SMILES string of the molecule is C=CC(=O)N1CCN(C(=O)c2ccccc2NS(C)(=O)=O)C[C@@H]1C(C)C. The molecule has 0 spiro atoms. The highest BCUT2D eigenvalue weighted by Gasteiger charge is 2.34. The molecule has 1 N–H and O–H groups in total. The number of sulfonamides is 1. The molecule has 1 saturated heterocycles. The van der Waals surface area contributed by atoms with Crippen LogP contribution in [0.15, 0.2) is 36.9 Å². The molecule has 8 heteroatoms. The van der Waals surface area contributed by atoms with E-state index in [1.54, 1.807) is 34.1 Å². The van der Waals surface area contributed by atoms with Crippen LogP contribution in [0.4, 0.5) is 5.69 Å². The van der Waals surface area contributed by atoms with Crippen molar-refractivity contribution in [3.63, 3.8) is 0 Å². The average Bonchev–Trinajstić information content (AvgIpc) is 2.59. The lowest BCUT2D eigenvalue weighted by molar-refractivity contribution is -0.131. The summed E-state index contributed by atoms with van der Waals surface area (Å²) < 4.78 is 25.5. The number of piperazine rings is 1. The average molecular weight is 379 g/mol. The summed E-state index contributed by atoms with van der Waals surface area (Å²) in [5.41, 5.74) is 0.551. The van der Waals surface area contributed by atoms with Gasteiger partial charge >= 0.3 is 0 Å². The molecule has 0 aromatic heterocycles. The fourth-order valence-electron chi connectivity index (χ4n) is 3.08. The summed E-state index contributed by atoms with van der Waals surface area (Å²) in [6.07, 6.45) is 2.33. The quantitative estimate of drug-likeness (QED) is 0.787. The smallest absolute Gasteiger partial charge is 0.256 e. The van der Waals surface area contributed by atoms with Crippen molar-refractivity contribution in [2.75, 3.05) is 30.6 Å². The van der Waals surface area contributed by atoms with Gasteiger partial charge in [0.2, 0.25) is 15.9 Å². The number of benzene rings is 1. The van der Waals surface area contributed by atoms with Crippen molar-refractivity contribution in [2.45, 2.75) is 19.9 Å². The first kappa shape index (κ1) is 20.0. The molecular weight excluding hydrogens is 354 g/mol. The lowest BCUT2D eigenvalue weighted by atomic mass is 9.98. The fraction of sp³-hybridized carbons (Fsp3) is 0.444. The first-order valence-electron chi connectivity index (χ1n) is 8.43. The Morgan fingerprint density at radius 2 is 1.92 bits per heavy atom. The van der Waals surface area contributed by atoms with Crippen molar-refractivity contribution in [2.24, 2.45) is 5.92 Å². The molecule has 1 aromatic carbocycles. The van der Waals surface area contributed by atoms with Gasteiger partial charge in [0.05, 0.1) is 23.5 Å². The topological polar surface area (TPSA) is 86.8 Å². The number of para-hydroxylation sites is 1. The van der Waals surface area contributed by atoms with Gasteiger partial charge in [0.25, 0.3) is 5.91 Å². The summed E-state index contributed by atoms with van der Waals surface area (Å²) in [7, 11) is -3.50. The summed E-state index contributed by atoms with van der Waals surface area (Å²) in [5.74, 6) is -0.234. The zero-order valence-corrected chi connectivity index (χ0v) is 16.1. The van der Waals surface area contributed by atoms with Gasteiger partial charge < -0.3 is 9.80 Å². The summed E-state index contributed by atoms with van der Waals surface area (Å²) in [4.78, 5) is 28.5. The van der Waals surface area contributed by atoms with Gasteiger partial charge in [-0.2, -0.15) is 0 Å². The van der Waals surface area contributed by atoms with Gasteiger partial charge in [-0.1, -0.05) is 32.6 Å². The number of carbonyl (C=O) groups is 2. The molecule has 2 amide bonds. The van der Waals surface area contributed by atoms with Gasteiger partial charge in [0.1, 0.15) is 0 Å². The van der Waals surface area contributed by atoms with E-state index in [0.717, 1.165) is 6.26 Å². The predicted molar refractivity (Wildman–Crippen MR) is 101 cm³/mol. The maximum Gasteiger partial charge on any atom is 0.256 e. The molecule has 142 valence electrons. The van der Waals surface area contributed by atoms with Crippen LogP contribution in [0.2, 0.25) is 0 Å². The van der Waals surface area contributed by atoms with Gasteiger partial charge in [-0.3, -0.25) is 14.3 Å². The number of rotatable bonds is 5. The highest BCUT2D eigenvalue weighted by molar-refractivity contribution is 7.92. The van der Waals surface area contributed by atoms with E-state index in [-0.39, 0.29) is 29.5 Å². The van der Waals surface area contributed by atoms with Crippen LogP contribution in [0.3, 0.4) is 0 Å². The third kappa shape index (κ3) is 4.63. The molecule has 1 aliphatic rings. The Balaban J connectivity index is 2.26. The van der Waals surface area contributed by atoms with E-state index >= 15 is 0 Å². The van der Waals surface area contributed by atoms with Crippen molar-refractivity contribution in [3.05, 3.63) is 42.5 Å². The van der Waals surface area contributed by atoms with Crippen molar-refractivity contribution in [3.8, 4) is 0 Å². The van der Waals surface area contributed by atoms with Crippen LogP contribution >= 0.6 is 0 Å². The molecule has 1 heterocycles. The molecule has 0 bridgehead atoms. The fourth-order valence-corrected chi connectivity index (χ4v) is 3.66. The number of anilines is 1. The molecule has 0 saturated carbocycles. The minimum atomic E-state index is -3.50. The van der Waals surface area contributed by atoms with Crippen LogP contribution in [0.1, 0.15) is 24.2 Å². The molecule has 7 nitrogen and oxygen atoms in total. The second-order valence-corrected chi connectivity index (χ2v) is 8.47. The number of nitrogens with one attached hydrogen (secondary N) is 1. The van der Waals surface area contributed by atoms with Gasteiger partial charge in [-0.25, -0.2) is 8.42 Å². The van der Waals surface area contributed by atoms with E-state index in [4.69, 9.17) is 0 Å². The number of carbonyl (C=O) groups excluding carboxylic acids is 2. The zero-order valence-electron chi connectivity index (χ0n) is 15.3. The van der Waals surface area contributed by atoms with Crippen LogP contribution in [0, 0.1) is 5.92 Å². The van der Waals surface area contributed by atoms with Crippen LogP contribution in [-0.2, 0) is 14.8 Å². The first-order valence-corrected chi connectivity index (χ1v) is 10.3. The first-order chi connectivity index (χ1) is 12.1. The van der Waals surface area contributed by atoms with E-state index in [1.807, 2.05) is 13.8 Å². The standard InChI is InChI=1S/C18H25N3O4S/c1-5-17(22)21-11-10-20(12-16(21)13(2)3)18(23)14-8-6-7-9-15(14)19-26(4,24)25/h5-9,13,16,19H,1,10-12H2,2-4H3/t16-/m1/s1. The number of hydrogen-bond donors (Lipinski definition) is 1. The van der Waals surface area contributed by atoms with Crippen molar-refractivity contribution in [1.29, 1.82) is 0 Å². The maximum absolute atomic E-state index is 13.0. The van der Waals surface area contributed by atoms with E-state index in [1.165, 1.54) is 6.08 Å². The highest BCUT2D eigenvalue weighted by atomic mass is 32.2. The van der Waals surface area contributed by atoms with Crippen LogP contribution in [0.5, 0.6) is 0 Å². The lowest BCUT2D eigenvalue weighted by Crippen LogP contribution is -2.58. The molecule has 2 rings (SSSR count). The molecule has 0 aliphatic carbocycles. The van der Waals surface area contributed by atoms with Crippen molar-refractivity contribution in [1.82, 2.24) is 9.80 Å². The third-order valence-corrected chi connectivity index (χ3v) is 4.98. The Hall–Kier alpha value is -2.35. The number of hydrogen-bond acceptors (Lipinski definition) is 4. The lowest BCUT2D eigenvalue weighted by Gasteiger charge is -2.43. The van der Waals surface area contributed by atoms with Crippen molar-refractivity contribution < 1.29 is 18.0 Å². The second kappa shape index (κ2) is 7.90. The largest absolute Gasteiger partial charge is 0.335 e. The van der Waals surface area contributed by atoms with E-state index < -0.39 is 10.0 Å². The predicted octanol–water partition coefficient (Wildman–Crippen LogP) is 1.55. The summed E-state index contributed by atoms with van der Waals surface area (Å²) in [5, 5.41) is 0. The zero-order chi connectivity index (χ0) is 19.5. The molecule has 1 aromatic rings. The Bertz CT molecular complexity index is 804. The Kier molecular flexibility index (Phi) is 6.07. The number of amides is 2.